The van der Waals surface area contributed by atoms with Gasteiger partial charge in [0.1, 0.15) is 10.7 Å². The van der Waals surface area contributed by atoms with Crippen molar-refractivity contribution in [2.75, 3.05) is 6.54 Å². The molecule has 2 N–H and O–H groups in total. The molecule has 1 fully saturated rings. The highest BCUT2D eigenvalue weighted by Crippen LogP contribution is 2.32. The summed E-state index contributed by atoms with van der Waals surface area (Å²) in [6.45, 7) is -0.315. The molecular formula is C12H15ClFNO3S. The van der Waals surface area contributed by atoms with Crippen LogP contribution in [0.1, 0.15) is 24.8 Å². The molecule has 0 unspecified atom stereocenters. The third-order valence-electron chi connectivity index (χ3n) is 3.08. The summed E-state index contributed by atoms with van der Waals surface area (Å²) >= 11 is 5.73. The van der Waals surface area contributed by atoms with Crippen molar-refractivity contribution in [1.82, 2.24) is 4.72 Å². The Morgan fingerprint density at radius 1 is 1.42 bits per heavy atom. The van der Waals surface area contributed by atoms with Gasteiger partial charge in [-0.2, -0.15) is 0 Å². The minimum Gasteiger partial charge on any atom is -0.392 e. The first-order valence-corrected chi connectivity index (χ1v) is 7.88. The van der Waals surface area contributed by atoms with Crippen LogP contribution in [-0.2, 0) is 16.6 Å². The fraction of sp³-hybridized carbons (Fsp3) is 0.500. The number of hydrogen-bond acceptors (Lipinski definition) is 3. The molecule has 0 saturated heterocycles. The first kappa shape index (κ1) is 14.7. The molecule has 0 aliphatic heterocycles. The van der Waals surface area contributed by atoms with E-state index in [-0.39, 0.29) is 17.1 Å². The summed E-state index contributed by atoms with van der Waals surface area (Å²) in [5.41, 5.74) is -0.130. The molecule has 0 atom stereocenters. The minimum absolute atomic E-state index is 0.0769. The standard InChI is InChI=1S/C12H15ClFNO3S/c13-10-5-9(7-16)12(14)11(6-10)19(17,18)15-4-3-8-1-2-8/h5-6,8,15-16H,1-4,7H2. The number of rotatable bonds is 6. The van der Waals surface area contributed by atoms with E-state index in [9.17, 15) is 12.8 Å². The summed E-state index contributed by atoms with van der Waals surface area (Å²) in [5.74, 6) is -0.370. The molecule has 2 rings (SSSR count). The molecule has 0 heterocycles. The number of sulfonamides is 1. The Labute approximate surface area is 116 Å². The average Bonchev–Trinajstić information content (AvgIpc) is 3.15. The number of aliphatic hydroxyl groups excluding tert-OH is 1. The van der Waals surface area contributed by atoms with E-state index < -0.39 is 27.3 Å². The molecule has 1 aliphatic rings. The lowest BCUT2D eigenvalue weighted by atomic mass is 10.2. The zero-order chi connectivity index (χ0) is 14.0. The van der Waals surface area contributed by atoms with Crippen LogP contribution in [0, 0.1) is 11.7 Å². The minimum atomic E-state index is -3.93. The Morgan fingerprint density at radius 3 is 2.68 bits per heavy atom. The highest BCUT2D eigenvalue weighted by Gasteiger charge is 2.24. The zero-order valence-electron chi connectivity index (χ0n) is 10.2. The summed E-state index contributed by atoms with van der Waals surface area (Å²) in [7, 11) is -3.93. The van der Waals surface area contributed by atoms with E-state index in [1.54, 1.807) is 0 Å². The van der Waals surface area contributed by atoms with Crippen molar-refractivity contribution in [2.45, 2.75) is 30.8 Å². The summed E-state index contributed by atoms with van der Waals surface area (Å²) in [6, 6.07) is 2.26. The van der Waals surface area contributed by atoms with Crippen LogP contribution in [0.25, 0.3) is 0 Å². The number of aliphatic hydroxyl groups is 1. The molecule has 1 saturated carbocycles. The topological polar surface area (TPSA) is 66.4 Å². The van der Waals surface area contributed by atoms with Crippen LogP contribution in [0.5, 0.6) is 0 Å². The van der Waals surface area contributed by atoms with E-state index in [2.05, 4.69) is 4.72 Å². The smallest absolute Gasteiger partial charge is 0.243 e. The second kappa shape index (κ2) is 5.75. The van der Waals surface area contributed by atoms with E-state index in [0.29, 0.717) is 5.92 Å². The largest absolute Gasteiger partial charge is 0.392 e. The molecule has 1 aromatic rings. The molecule has 0 amide bonds. The Kier molecular flexibility index (Phi) is 4.45. The van der Waals surface area contributed by atoms with Crippen molar-refractivity contribution < 1.29 is 17.9 Å². The molecular weight excluding hydrogens is 293 g/mol. The summed E-state index contributed by atoms with van der Waals surface area (Å²) < 4.78 is 40.2. The van der Waals surface area contributed by atoms with Crippen LogP contribution in [-0.4, -0.2) is 20.1 Å². The van der Waals surface area contributed by atoms with Crippen LogP contribution < -0.4 is 4.72 Å². The number of hydrogen-bond donors (Lipinski definition) is 2. The quantitative estimate of drug-likeness (QED) is 0.845. The van der Waals surface area contributed by atoms with Gasteiger partial charge in [-0.05, 0) is 24.5 Å². The van der Waals surface area contributed by atoms with Gasteiger partial charge in [0.05, 0.1) is 6.61 Å². The fourth-order valence-electron chi connectivity index (χ4n) is 1.81. The second-order valence-electron chi connectivity index (χ2n) is 4.66. The van der Waals surface area contributed by atoms with Gasteiger partial charge in [-0.25, -0.2) is 17.5 Å². The monoisotopic (exact) mass is 307 g/mol. The maximum atomic E-state index is 13.9. The third-order valence-corrected chi connectivity index (χ3v) is 4.76. The maximum Gasteiger partial charge on any atom is 0.243 e. The Bertz CT molecular complexity index is 573. The SMILES string of the molecule is O=S(=O)(NCCC1CC1)c1cc(Cl)cc(CO)c1F. The summed E-state index contributed by atoms with van der Waals surface area (Å²) in [5, 5.41) is 9.05. The van der Waals surface area contributed by atoms with Gasteiger partial charge in [0.2, 0.25) is 10.0 Å². The molecule has 0 bridgehead atoms. The van der Waals surface area contributed by atoms with Crippen molar-refractivity contribution >= 4 is 21.6 Å². The van der Waals surface area contributed by atoms with Crippen LogP contribution >= 0.6 is 11.6 Å². The van der Waals surface area contributed by atoms with Crippen molar-refractivity contribution in [3.8, 4) is 0 Å². The maximum absolute atomic E-state index is 13.9. The van der Waals surface area contributed by atoms with Gasteiger partial charge < -0.3 is 5.11 Å². The number of benzene rings is 1. The van der Waals surface area contributed by atoms with Gasteiger partial charge in [0.15, 0.2) is 0 Å². The van der Waals surface area contributed by atoms with Crippen LogP contribution in [0.4, 0.5) is 4.39 Å². The Hall–Kier alpha value is -0.690. The average molecular weight is 308 g/mol. The fourth-order valence-corrected chi connectivity index (χ4v) is 3.31. The first-order chi connectivity index (χ1) is 8.94. The lowest BCUT2D eigenvalue weighted by molar-refractivity contribution is 0.274. The molecule has 0 aromatic heterocycles. The van der Waals surface area contributed by atoms with Gasteiger partial charge in [0.25, 0.3) is 0 Å². The molecule has 4 nitrogen and oxygen atoms in total. The molecule has 106 valence electrons. The lowest BCUT2D eigenvalue weighted by Gasteiger charge is -2.10. The van der Waals surface area contributed by atoms with E-state index in [1.165, 1.54) is 6.07 Å². The number of halogens is 2. The Balaban J connectivity index is 2.20. The predicted octanol–water partition coefficient (Wildman–Crippen LogP) is 2.05. The van der Waals surface area contributed by atoms with Crippen molar-refractivity contribution in [3.05, 3.63) is 28.5 Å². The Morgan fingerprint density at radius 2 is 2.11 bits per heavy atom. The summed E-state index contributed by atoms with van der Waals surface area (Å²) in [6.07, 6.45) is 3.01. The molecule has 1 aromatic carbocycles. The molecule has 0 radical (unpaired) electrons. The first-order valence-electron chi connectivity index (χ1n) is 6.02. The zero-order valence-corrected chi connectivity index (χ0v) is 11.8. The van der Waals surface area contributed by atoms with Gasteiger partial charge in [-0.15, -0.1) is 0 Å². The van der Waals surface area contributed by atoms with Crippen LogP contribution in [0.15, 0.2) is 17.0 Å². The molecule has 0 spiro atoms. The van der Waals surface area contributed by atoms with E-state index in [4.69, 9.17) is 16.7 Å². The number of nitrogens with one attached hydrogen (secondary N) is 1. The third kappa shape index (κ3) is 3.66. The van der Waals surface area contributed by atoms with Crippen molar-refractivity contribution in [3.63, 3.8) is 0 Å². The normalized spacial score (nSPS) is 15.7. The van der Waals surface area contributed by atoms with Crippen molar-refractivity contribution in [1.29, 1.82) is 0 Å². The van der Waals surface area contributed by atoms with Crippen LogP contribution in [0.2, 0.25) is 5.02 Å². The lowest BCUT2D eigenvalue weighted by Crippen LogP contribution is -2.26. The highest BCUT2D eigenvalue weighted by molar-refractivity contribution is 7.89. The van der Waals surface area contributed by atoms with Gasteiger partial charge in [-0.3, -0.25) is 0 Å². The summed E-state index contributed by atoms with van der Waals surface area (Å²) in [4.78, 5) is -0.514. The molecule has 7 heteroatoms. The van der Waals surface area contributed by atoms with E-state index in [1.807, 2.05) is 0 Å². The van der Waals surface area contributed by atoms with E-state index >= 15 is 0 Å². The van der Waals surface area contributed by atoms with Gasteiger partial charge >= 0.3 is 0 Å². The highest BCUT2D eigenvalue weighted by atomic mass is 35.5. The second-order valence-corrected chi connectivity index (χ2v) is 6.84. The van der Waals surface area contributed by atoms with Gasteiger partial charge in [-0.1, -0.05) is 24.4 Å². The van der Waals surface area contributed by atoms with E-state index in [0.717, 1.165) is 25.3 Å². The molecule has 1 aliphatic carbocycles. The van der Waals surface area contributed by atoms with Gasteiger partial charge in [0, 0.05) is 17.1 Å². The molecule has 19 heavy (non-hydrogen) atoms. The van der Waals surface area contributed by atoms with Crippen LogP contribution in [0.3, 0.4) is 0 Å². The van der Waals surface area contributed by atoms with Crippen molar-refractivity contribution in [2.24, 2.45) is 5.92 Å². The predicted molar refractivity (Wildman–Crippen MR) is 69.9 cm³/mol.